The van der Waals surface area contributed by atoms with Gasteiger partial charge in [-0.25, -0.2) is 0 Å². The molecule has 1 aliphatic rings. The highest BCUT2D eigenvalue weighted by molar-refractivity contribution is 7.98. The van der Waals surface area contributed by atoms with Gasteiger partial charge in [-0.05, 0) is 55.3 Å². The Hall–Kier alpha value is -1.10. The van der Waals surface area contributed by atoms with E-state index in [1.807, 2.05) is 18.2 Å². The van der Waals surface area contributed by atoms with Crippen molar-refractivity contribution in [1.82, 2.24) is 15.5 Å². The smallest absolute Gasteiger partial charge is 0.0733 e. The number of fused-ring (bicyclic) bond motifs is 1. The topological polar surface area (TPSA) is 37.8 Å². The summed E-state index contributed by atoms with van der Waals surface area (Å²) in [5.74, 6) is 0.803. The van der Waals surface area contributed by atoms with Crippen LogP contribution in [0.4, 0.5) is 0 Å². The highest BCUT2D eigenvalue weighted by atomic mass is 35.5. The molecule has 112 valence electrons. The van der Waals surface area contributed by atoms with Crippen molar-refractivity contribution in [2.24, 2.45) is 0 Å². The Labute approximate surface area is 135 Å². The van der Waals surface area contributed by atoms with Gasteiger partial charge in [-0.2, -0.15) is 10.2 Å². The number of thioether (sulfide) groups is 1. The van der Waals surface area contributed by atoms with Gasteiger partial charge in [0.15, 0.2) is 0 Å². The minimum atomic E-state index is 0. The summed E-state index contributed by atoms with van der Waals surface area (Å²) >= 11 is 8.17. The zero-order chi connectivity index (χ0) is 13.8. The lowest BCUT2D eigenvalue weighted by atomic mass is 10.0. The predicted molar refractivity (Wildman–Crippen MR) is 90.1 cm³/mol. The van der Waals surface area contributed by atoms with E-state index in [-0.39, 0.29) is 7.43 Å². The van der Waals surface area contributed by atoms with Crippen LogP contribution >= 0.6 is 23.4 Å². The molecule has 0 aliphatic carbocycles. The molecule has 1 aromatic carbocycles. The molecule has 0 amide bonds. The number of hydrogen-bond acceptors (Lipinski definition) is 4. The SMILES string of the molecule is C.Clc1ccc2c(c1SCc1cccnn1)CCNCC2. The molecule has 3 rings (SSSR count). The fourth-order valence-corrected chi connectivity index (χ4v) is 3.82. The normalized spacial score (nSPS) is 14.0. The van der Waals surface area contributed by atoms with Crippen LogP contribution in [0.3, 0.4) is 0 Å². The summed E-state index contributed by atoms with van der Waals surface area (Å²) in [5.41, 5.74) is 3.80. The summed E-state index contributed by atoms with van der Waals surface area (Å²) in [4.78, 5) is 1.21. The molecule has 0 atom stereocenters. The summed E-state index contributed by atoms with van der Waals surface area (Å²) in [7, 11) is 0. The first-order chi connectivity index (χ1) is 9.84. The van der Waals surface area contributed by atoms with Crippen LogP contribution in [-0.4, -0.2) is 23.3 Å². The van der Waals surface area contributed by atoms with Crippen molar-refractivity contribution in [3.8, 4) is 0 Å². The fraction of sp³-hybridized carbons (Fsp3) is 0.375. The molecule has 0 unspecified atom stereocenters. The number of rotatable bonds is 3. The van der Waals surface area contributed by atoms with E-state index < -0.39 is 0 Å². The van der Waals surface area contributed by atoms with E-state index in [0.717, 1.165) is 42.4 Å². The third-order valence-corrected chi connectivity index (χ3v) is 5.05. The van der Waals surface area contributed by atoms with Gasteiger partial charge in [0.25, 0.3) is 0 Å². The van der Waals surface area contributed by atoms with E-state index >= 15 is 0 Å². The zero-order valence-electron chi connectivity index (χ0n) is 11.1. The molecule has 0 saturated carbocycles. The first kappa shape index (κ1) is 16.3. The van der Waals surface area contributed by atoms with Crippen molar-refractivity contribution in [3.05, 3.63) is 52.3 Å². The standard InChI is InChI=1S/C15H16ClN3S.CH4/c16-14-4-3-11-5-8-17-9-6-13(11)15(14)20-10-12-2-1-7-18-19-12;/h1-4,7,17H,5-6,8-10H2;1H4. The molecule has 1 N–H and O–H groups in total. The van der Waals surface area contributed by atoms with Gasteiger partial charge in [-0.1, -0.05) is 25.1 Å². The Bertz CT molecular complexity index is 590. The molecular formula is C16H20ClN3S. The van der Waals surface area contributed by atoms with Crippen LogP contribution in [0.15, 0.2) is 35.4 Å². The third-order valence-electron chi connectivity index (χ3n) is 3.42. The second kappa shape index (κ2) is 7.78. The molecule has 1 aliphatic heterocycles. The van der Waals surface area contributed by atoms with E-state index in [9.17, 15) is 0 Å². The predicted octanol–water partition coefficient (Wildman–Crippen LogP) is 3.75. The molecular weight excluding hydrogens is 302 g/mol. The van der Waals surface area contributed by atoms with Crippen LogP contribution in [0.1, 0.15) is 24.2 Å². The van der Waals surface area contributed by atoms with Crippen molar-refractivity contribution in [2.45, 2.75) is 30.9 Å². The van der Waals surface area contributed by atoms with Gasteiger partial charge in [-0.15, -0.1) is 11.8 Å². The molecule has 0 radical (unpaired) electrons. The number of nitrogens with one attached hydrogen (secondary N) is 1. The summed E-state index contributed by atoms with van der Waals surface area (Å²) in [6, 6.07) is 8.10. The van der Waals surface area contributed by atoms with Crippen LogP contribution in [0.25, 0.3) is 0 Å². The van der Waals surface area contributed by atoms with Crippen molar-refractivity contribution in [3.63, 3.8) is 0 Å². The van der Waals surface area contributed by atoms with E-state index in [2.05, 4.69) is 21.6 Å². The lowest BCUT2D eigenvalue weighted by Gasteiger charge is -2.13. The first-order valence-corrected chi connectivity index (χ1v) is 8.11. The molecule has 0 bridgehead atoms. The quantitative estimate of drug-likeness (QED) is 0.874. The summed E-state index contributed by atoms with van der Waals surface area (Å²) < 4.78 is 0. The van der Waals surface area contributed by atoms with Gasteiger partial charge in [-0.3, -0.25) is 0 Å². The summed E-state index contributed by atoms with van der Waals surface area (Å²) in [6.45, 7) is 2.06. The lowest BCUT2D eigenvalue weighted by Crippen LogP contribution is -2.16. The van der Waals surface area contributed by atoms with Gasteiger partial charge in [0.05, 0.1) is 10.7 Å². The number of nitrogens with zero attached hydrogens (tertiary/aromatic N) is 2. The Kier molecular flexibility index (Phi) is 6.03. The van der Waals surface area contributed by atoms with Gasteiger partial charge < -0.3 is 5.32 Å². The lowest BCUT2D eigenvalue weighted by molar-refractivity contribution is 0.709. The largest absolute Gasteiger partial charge is 0.316 e. The molecule has 0 spiro atoms. The minimum Gasteiger partial charge on any atom is -0.316 e. The Morgan fingerprint density at radius 3 is 2.86 bits per heavy atom. The van der Waals surface area contributed by atoms with Crippen LogP contribution in [0.5, 0.6) is 0 Å². The third kappa shape index (κ3) is 3.96. The molecule has 0 fully saturated rings. The van der Waals surface area contributed by atoms with Crippen LogP contribution in [0, 0.1) is 0 Å². The van der Waals surface area contributed by atoms with E-state index in [4.69, 9.17) is 11.6 Å². The maximum Gasteiger partial charge on any atom is 0.0733 e. The molecule has 0 saturated heterocycles. The van der Waals surface area contributed by atoms with Crippen LogP contribution in [-0.2, 0) is 18.6 Å². The van der Waals surface area contributed by atoms with Crippen molar-refractivity contribution >= 4 is 23.4 Å². The second-order valence-corrected chi connectivity index (χ2v) is 6.16. The van der Waals surface area contributed by atoms with E-state index in [1.54, 1.807) is 18.0 Å². The van der Waals surface area contributed by atoms with E-state index in [0.29, 0.717) is 0 Å². The Morgan fingerprint density at radius 2 is 2.05 bits per heavy atom. The molecule has 2 heterocycles. The Balaban J connectivity index is 0.00000161. The maximum absolute atomic E-state index is 6.40. The van der Waals surface area contributed by atoms with E-state index in [1.165, 1.54) is 16.0 Å². The minimum absolute atomic E-state index is 0. The molecule has 2 aromatic rings. The monoisotopic (exact) mass is 321 g/mol. The van der Waals surface area contributed by atoms with Gasteiger partial charge in [0.1, 0.15) is 0 Å². The molecule has 5 heteroatoms. The maximum atomic E-state index is 6.40. The highest BCUT2D eigenvalue weighted by Gasteiger charge is 2.15. The average molecular weight is 322 g/mol. The number of benzene rings is 1. The highest BCUT2D eigenvalue weighted by Crippen LogP contribution is 2.35. The van der Waals surface area contributed by atoms with Gasteiger partial charge in [0.2, 0.25) is 0 Å². The zero-order valence-corrected chi connectivity index (χ0v) is 12.7. The summed E-state index contributed by atoms with van der Waals surface area (Å²) in [5, 5.41) is 12.3. The Morgan fingerprint density at radius 1 is 1.19 bits per heavy atom. The first-order valence-electron chi connectivity index (χ1n) is 6.75. The molecule has 1 aromatic heterocycles. The molecule has 3 nitrogen and oxygen atoms in total. The van der Waals surface area contributed by atoms with Crippen molar-refractivity contribution in [1.29, 1.82) is 0 Å². The number of hydrogen-bond donors (Lipinski definition) is 1. The molecule has 21 heavy (non-hydrogen) atoms. The number of aromatic nitrogens is 2. The van der Waals surface area contributed by atoms with Gasteiger partial charge in [0, 0.05) is 16.8 Å². The fourth-order valence-electron chi connectivity index (χ4n) is 2.42. The van der Waals surface area contributed by atoms with Crippen molar-refractivity contribution < 1.29 is 0 Å². The average Bonchev–Trinajstić information content (AvgIpc) is 2.73. The summed E-state index contributed by atoms with van der Waals surface area (Å²) in [6.07, 6.45) is 3.81. The van der Waals surface area contributed by atoms with Crippen LogP contribution < -0.4 is 5.32 Å². The number of halogens is 1. The van der Waals surface area contributed by atoms with Crippen molar-refractivity contribution in [2.75, 3.05) is 13.1 Å². The van der Waals surface area contributed by atoms with Gasteiger partial charge >= 0.3 is 0 Å². The van der Waals surface area contributed by atoms with Crippen LogP contribution in [0.2, 0.25) is 5.02 Å². The second-order valence-electron chi connectivity index (χ2n) is 4.77.